The number of rotatable bonds is 5. The molecule has 1 heterocycles. The van der Waals surface area contributed by atoms with E-state index in [-0.39, 0.29) is 30.5 Å². The van der Waals surface area contributed by atoms with Gasteiger partial charge in [-0.1, -0.05) is 6.07 Å². The minimum atomic E-state index is -4.40. The van der Waals surface area contributed by atoms with Gasteiger partial charge in [0.2, 0.25) is 5.91 Å². The molecule has 1 fully saturated rings. The Kier molecular flexibility index (Phi) is 7.94. The van der Waals surface area contributed by atoms with Crippen molar-refractivity contribution < 1.29 is 26.4 Å². The molecule has 1 aromatic carbocycles. The first kappa shape index (κ1) is 23.5. The fourth-order valence-electron chi connectivity index (χ4n) is 2.76. The molecule has 27 heavy (non-hydrogen) atoms. The Morgan fingerprint density at radius 3 is 2.33 bits per heavy atom. The van der Waals surface area contributed by atoms with Crippen molar-refractivity contribution in [1.29, 1.82) is 0 Å². The van der Waals surface area contributed by atoms with E-state index in [1.807, 2.05) is 0 Å². The first-order valence-electron chi connectivity index (χ1n) is 8.12. The summed E-state index contributed by atoms with van der Waals surface area (Å²) < 4.78 is 60.8. The summed E-state index contributed by atoms with van der Waals surface area (Å²) in [5, 5.41) is 0. The quantitative estimate of drug-likeness (QED) is 0.767. The molecule has 1 saturated heterocycles. The Morgan fingerprint density at radius 2 is 1.81 bits per heavy atom. The number of benzene rings is 1. The lowest BCUT2D eigenvalue weighted by Crippen LogP contribution is -2.53. The number of nitrogens with zero attached hydrogens (tertiary/aromatic N) is 2. The highest BCUT2D eigenvalue weighted by Crippen LogP contribution is 2.31. The maximum atomic E-state index is 12.8. The van der Waals surface area contributed by atoms with Crippen LogP contribution in [0.25, 0.3) is 0 Å². The molecule has 11 heteroatoms. The van der Waals surface area contributed by atoms with Gasteiger partial charge in [0.1, 0.15) is 9.84 Å². The summed E-state index contributed by atoms with van der Waals surface area (Å²) in [6, 6.07) is 4.17. The van der Waals surface area contributed by atoms with E-state index in [2.05, 4.69) is 0 Å². The van der Waals surface area contributed by atoms with Crippen molar-refractivity contribution in [2.24, 2.45) is 5.73 Å². The van der Waals surface area contributed by atoms with Gasteiger partial charge >= 0.3 is 6.18 Å². The van der Waals surface area contributed by atoms with E-state index in [1.165, 1.54) is 11.0 Å². The van der Waals surface area contributed by atoms with Crippen molar-refractivity contribution in [2.45, 2.75) is 18.6 Å². The summed E-state index contributed by atoms with van der Waals surface area (Å²) >= 11 is 0. The standard InChI is InChI=1S/C16H22F3N3O3S.ClH/c1-26(24,25)10-5-14(20)15(23)22-8-6-21(7-9-22)13-4-2-3-12(11-13)16(17,18)19;/h2-4,11,14H,5-10,20H2,1H3;1H. The average molecular weight is 430 g/mol. The predicted octanol–water partition coefficient (Wildman–Crippen LogP) is 1.54. The highest BCUT2D eigenvalue weighted by atomic mass is 35.5. The Balaban J connectivity index is 0.00000364. The summed E-state index contributed by atoms with van der Waals surface area (Å²) in [6.45, 7) is 1.40. The van der Waals surface area contributed by atoms with Crippen molar-refractivity contribution >= 4 is 33.8 Å². The molecule has 0 radical (unpaired) electrons. The molecule has 0 saturated carbocycles. The number of nitrogens with two attached hydrogens (primary N) is 1. The minimum absolute atomic E-state index is 0. The molecule has 1 aliphatic heterocycles. The maximum absolute atomic E-state index is 12.8. The number of amides is 1. The van der Waals surface area contributed by atoms with Crippen LogP contribution in [-0.2, 0) is 20.8 Å². The van der Waals surface area contributed by atoms with Crippen LogP contribution >= 0.6 is 12.4 Å². The molecule has 1 aliphatic rings. The second-order valence-corrected chi connectivity index (χ2v) is 8.65. The fraction of sp³-hybridized carbons (Fsp3) is 0.562. The first-order chi connectivity index (χ1) is 12.0. The number of halogens is 4. The summed E-state index contributed by atoms with van der Waals surface area (Å²) in [6.07, 6.45) is -3.27. The average Bonchev–Trinajstić information content (AvgIpc) is 2.58. The molecule has 0 bridgehead atoms. The number of sulfone groups is 1. The topological polar surface area (TPSA) is 83.7 Å². The van der Waals surface area contributed by atoms with E-state index in [4.69, 9.17) is 5.73 Å². The smallest absolute Gasteiger partial charge is 0.368 e. The SMILES string of the molecule is CS(=O)(=O)CCC(N)C(=O)N1CCN(c2cccc(C(F)(F)F)c2)CC1.Cl. The number of piperazine rings is 1. The van der Waals surface area contributed by atoms with Crippen LogP contribution in [-0.4, -0.2) is 63.5 Å². The molecular formula is C16H23ClF3N3O3S. The minimum Gasteiger partial charge on any atom is -0.368 e. The van der Waals surface area contributed by atoms with Crippen LogP contribution in [0, 0.1) is 0 Å². The lowest BCUT2D eigenvalue weighted by molar-refractivity contribution is -0.137. The Hall–Kier alpha value is -1.52. The van der Waals surface area contributed by atoms with Crippen LogP contribution < -0.4 is 10.6 Å². The molecule has 0 spiro atoms. The number of hydrogen-bond donors (Lipinski definition) is 1. The largest absolute Gasteiger partial charge is 0.416 e. The van der Waals surface area contributed by atoms with Gasteiger partial charge in [0.25, 0.3) is 0 Å². The van der Waals surface area contributed by atoms with Crippen molar-refractivity contribution in [2.75, 3.05) is 43.1 Å². The summed E-state index contributed by atoms with van der Waals surface area (Å²) in [5.41, 5.74) is 5.51. The lowest BCUT2D eigenvalue weighted by atomic mass is 10.1. The van der Waals surface area contributed by atoms with Crippen LogP contribution in [0.15, 0.2) is 24.3 Å². The first-order valence-corrected chi connectivity index (χ1v) is 10.2. The number of anilines is 1. The van der Waals surface area contributed by atoms with E-state index in [0.717, 1.165) is 18.4 Å². The Bertz CT molecular complexity index is 751. The third-order valence-electron chi connectivity index (χ3n) is 4.25. The molecule has 1 amide bonds. The molecule has 2 N–H and O–H groups in total. The molecule has 1 atom stereocenters. The molecule has 6 nitrogen and oxygen atoms in total. The maximum Gasteiger partial charge on any atom is 0.416 e. The monoisotopic (exact) mass is 429 g/mol. The van der Waals surface area contributed by atoms with Gasteiger partial charge in [-0.15, -0.1) is 12.4 Å². The van der Waals surface area contributed by atoms with Gasteiger partial charge in [-0.2, -0.15) is 13.2 Å². The summed E-state index contributed by atoms with van der Waals surface area (Å²) in [4.78, 5) is 15.6. The normalized spacial score (nSPS) is 16.6. The van der Waals surface area contributed by atoms with E-state index < -0.39 is 27.6 Å². The van der Waals surface area contributed by atoms with E-state index in [1.54, 1.807) is 11.0 Å². The van der Waals surface area contributed by atoms with Crippen molar-refractivity contribution in [3.8, 4) is 0 Å². The third kappa shape index (κ3) is 6.86. The third-order valence-corrected chi connectivity index (χ3v) is 5.22. The highest BCUT2D eigenvalue weighted by Gasteiger charge is 2.31. The highest BCUT2D eigenvalue weighted by molar-refractivity contribution is 7.90. The zero-order valence-corrected chi connectivity index (χ0v) is 16.4. The molecule has 1 unspecified atom stereocenters. The molecule has 2 rings (SSSR count). The summed E-state index contributed by atoms with van der Waals surface area (Å²) in [7, 11) is -3.20. The van der Waals surface area contributed by atoms with Gasteiger partial charge in [-0.3, -0.25) is 4.79 Å². The van der Waals surface area contributed by atoms with Gasteiger partial charge in [0, 0.05) is 38.1 Å². The fourth-order valence-corrected chi connectivity index (χ4v) is 3.45. The zero-order chi connectivity index (χ0) is 19.5. The van der Waals surface area contributed by atoms with E-state index in [9.17, 15) is 26.4 Å². The lowest BCUT2D eigenvalue weighted by Gasteiger charge is -2.37. The van der Waals surface area contributed by atoms with Gasteiger partial charge in [0.05, 0.1) is 17.4 Å². The molecule has 154 valence electrons. The number of alkyl halides is 3. The molecule has 1 aromatic rings. The van der Waals surface area contributed by atoms with Crippen molar-refractivity contribution in [3.63, 3.8) is 0 Å². The van der Waals surface area contributed by atoms with Gasteiger partial charge in [-0.05, 0) is 24.6 Å². The Labute approximate surface area is 162 Å². The molecule has 0 aromatic heterocycles. The zero-order valence-electron chi connectivity index (χ0n) is 14.8. The van der Waals surface area contributed by atoms with Gasteiger partial charge in [0.15, 0.2) is 0 Å². The van der Waals surface area contributed by atoms with Crippen LogP contribution in [0.5, 0.6) is 0 Å². The second kappa shape index (κ2) is 9.11. The molecule has 0 aliphatic carbocycles. The predicted molar refractivity (Wildman–Crippen MR) is 99.8 cm³/mol. The van der Waals surface area contributed by atoms with Crippen molar-refractivity contribution in [3.05, 3.63) is 29.8 Å². The van der Waals surface area contributed by atoms with E-state index in [0.29, 0.717) is 31.9 Å². The van der Waals surface area contributed by atoms with Crippen LogP contribution in [0.3, 0.4) is 0 Å². The number of hydrogen-bond acceptors (Lipinski definition) is 5. The summed E-state index contributed by atoms with van der Waals surface area (Å²) in [5.74, 6) is -0.498. The molecular weight excluding hydrogens is 407 g/mol. The number of carbonyl (C=O) groups excluding carboxylic acids is 1. The van der Waals surface area contributed by atoms with Crippen LogP contribution in [0.2, 0.25) is 0 Å². The van der Waals surface area contributed by atoms with E-state index >= 15 is 0 Å². The van der Waals surface area contributed by atoms with Crippen LogP contribution in [0.1, 0.15) is 12.0 Å². The Morgan fingerprint density at radius 1 is 1.22 bits per heavy atom. The van der Waals surface area contributed by atoms with Crippen LogP contribution in [0.4, 0.5) is 18.9 Å². The number of carbonyl (C=O) groups is 1. The van der Waals surface area contributed by atoms with Crippen molar-refractivity contribution in [1.82, 2.24) is 4.90 Å². The van der Waals surface area contributed by atoms with Gasteiger partial charge in [-0.25, -0.2) is 8.42 Å². The van der Waals surface area contributed by atoms with Gasteiger partial charge < -0.3 is 15.5 Å². The second-order valence-electron chi connectivity index (χ2n) is 6.39.